The normalized spacial score (nSPS) is 10.9. The number of alkyl halides is 3. The summed E-state index contributed by atoms with van der Waals surface area (Å²) in [6, 6.07) is 15.8. The molecule has 3 rings (SSSR count). The van der Waals surface area contributed by atoms with E-state index in [4.69, 9.17) is 9.47 Å². The van der Waals surface area contributed by atoms with Gasteiger partial charge in [0, 0.05) is 11.3 Å². The van der Waals surface area contributed by atoms with E-state index in [2.05, 4.69) is 10.6 Å². The second kappa shape index (κ2) is 10.1. The Morgan fingerprint density at radius 2 is 1.67 bits per heavy atom. The van der Waals surface area contributed by atoms with Crippen molar-refractivity contribution in [3.05, 3.63) is 83.4 Å². The zero-order valence-electron chi connectivity index (χ0n) is 17.8. The highest BCUT2D eigenvalue weighted by molar-refractivity contribution is 6.05. The van der Waals surface area contributed by atoms with Gasteiger partial charge in [0.05, 0.1) is 18.4 Å². The van der Waals surface area contributed by atoms with Gasteiger partial charge in [-0.25, -0.2) is 0 Å². The molecule has 9 heteroatoms. The van der Waals surface area contributed by atoms with Crippen LogP contribution in [0, 0.1) is 6.92 Å². The monoisotopic (exact) mass is 458 g/mol. The first-order chi connectivity index (χ1) is 15.7. The van der Waals surface area contributed by atoms with Crippen LogP contribution in [0.4, 0.5) is 24.5 Å². The molecular formula is C24H21F3N2O4. The number of benzene rings is 3. The topological polar surface area (TPSA) is 76.7 Å². The fourth-order valence-electron chi connectivity index (χ4n) is 2.94. The van der Waals surface area contributed by atoms with Crippen LogP contribution >= 0.6 is 0 Å². The van der Waals surface area contributed by atoms with Gasteiger partial charge in [-0.15, -0.1) is 0 Å². The van der Waals surface area contributed by atoms with Gasteiger partial charge in [0.1, 0.15) is 11.5 Å². The summed E-state index contributed by atoms with van der Waals surface area (Å²) in [5, 5.41) is 5.14. The third-order valence-corrected chi connectivity index (χ3v) is 4.56. The number of aryl methyl sites for hydroxylation is 1. The molecule has 3 aromatic rings. The van der Waals surface area contributed by atoms with Crippen molar-refractivity contribution in [1.82, 2.24) is 0 Å². The van der Waals surface area contributed by atoms with Gasteiger partial charge in [-0.3, -0.25) is 9.59 Å². The van der Waals surface area contributed by atoms with Gasteiger partial charge < -0.3 is 20.1 Å². The molecule has 0 aromatic heterocycles. The number of nitrogens with one attached hydrogen (secondary N) is 2. The quantitative estimate of drug-likeness (QED) is 0.504. The minimum absolute atomic E-state index is 0.0111. The number of methoxy groups -OCH3 is 1. The highest BCUT2D eigenvalue weighted by Gasteiger charge is 2.30. The molecule has 0 radical (unpaired) electrons. The molecule has 0 aliphatic carbocycles. The molecule has 0 bridgehead atoms. The number of amides is 2. The highest BCUT2D eigenvalue weighted by atomic mass is 19.4. The van der Waals surface area contributed by atoms with Gasteiger partial charge in [-0.1, -0.05) is 12.1 Å². The lowest BCUT2D eigenvalue weighted by atomic mass is 10.1. The van der Waals surface area contributed by atoms with Crippen molar-refractivity contribution < 1.29 is 32.2 Å². The molecule has 3 aromatic carbocycles. The van der Waals surface area contributed by atoms with E-state index in [0.717, 1.165) is 17.7 Å². The van der Waals surface area contributed by atoms with Gasteiger partial charge >= 0.3 is 6.18 Å². The van der Waals surface area contributed by atoms with E-state index in [1.807, 2.05) is 13.0 Å². The van der Waals surface area contributed by atoms with Gasteiger partial charge in [0.15, 0.2) is 6.61 Å². The van der Waals surface area contributed by atoms with E-state index in [1.54, 1.807) is 12.1 Å². The molecule has 2 N–H and O–H groups in total. The van der Waals surface area contributed by atoms with Gasteiger partial charge in [-0.05, 0) is 67.1 Å². The lowest BCUT2D eigenvalue weighted by molar-refractivity contribution is -0.137. The Morgan fingerprint density at radius 3 is 2.33 bits per heavy atom. The number of anilines is 2. The minimum atomic E-state index is -4.50. The van der Waals surface area contributed by atoms with E-state index in [0.29, 0.717) is 22.7 Å². The van der Waals surface area contributed by atoms with E-state index >= 15 is 0 Å². The van der Waals surface area contributed by atoms with Gasteiger partial charge in [0.25, 0.3) is 11.8 Å². The number of rotatable bonds is 7. The Hall–Kier alpha value is -4.01. The van der Waals surface area contributed by atoms with Crippen molar-refractivity contribution in [3.8, 4) is 11.5 Å². The molecule has 0 atom stereocenters. The average Bonchev–Trinajstić information content (AvgIpc) is 2.78. The van der Waals surface area contributed by atoms with Crippen LogP contribution in [-0.4, -0.2) is 25.5 Å². The lowest BCUT2D eigenvalue weighted by Gasteiger charge is -2.12. The van der Waals surface area contributed by atoms with Gasteiger partial charge in [0.2, 0.25) is 0 Å². The molecule has 0 saturated heterocycles. The van der Waals surface area contributed by atoms with Crippen molar-refractivity contribution in [1.29, 1.82) is 0 Å². The average molecular weight is 458 g/mol. The second-order valence-electron chi connectivity index (χ2n) is 7.10. The van der Waals surface area contributed by atoms with Crippen LogP contribution in [0.3, 0.4) is 0 Å². The highest BCUT2D eigenvalue weighted by Crippen LogP contribution is 2.30. The third-order valence-electron chi connectivity index (χ3n) is 4.56. The number of halogens is 3. The fraction of sp³-hybridized carbons (Fsp3) is 0.167. The maximum atomic E-state index is 12.8. The molecule has 6 nitrogen and oxygen atoms in total. The molecule has 0 saturated carbocycles. The molecule has 0 aliphatic rings. The standard InChI is InChI=1S/C24H21F3N2O4/c1-15-6-11-21(32-2)20(12-15)29-23(31)16-7-9-19(10-8-16)33-14-22(30)28-18-5-3-4-17(13-18)24(25,26)27/h3-13H,14H2,1-2H3,(H,28,30)(H,29,31). The molecule has 2 amide bonds. The van der Waals surface area contributed by atoms with E-state index in [1.165, 1.54) is 43.5 Å². The second-order valence-corrected chi connectivity index (χ2v) is 7.10. The Kier molecular flexibility index (Phi) is 7.22. The molecular weight excluding hydrogens is 437 g/mol. The summed E-state index contributed by atoms with van der Waals surface area (Å²) in [7, 11) is 1.51. The summed E-state index contributed by atoms with van der Waals surface area (Å²) in [4.78, 5) is 24.5. The molecule has 33 heavy (non-hydrogen) atoms. The van der Waals surface area contributed by atoms with Crippen molar-refractivity contribution >= 4 is 23.2 Å². The largest absolute Gasteiger partial charge is 0.495 e. The van der Waals surface area contributed by atoms with Crippen LogP contribution in [0.25, 0.3) is 0 Å². The zero-order valence-corrected chi connectivity index (χ0v) is 17.8. The summed E-state index contributed by atoms with van der Waals surface area (Å²) in [6.45, 7) is 1.48. The van der Waals surface area contributed by atoms with Crippen LogP contribution in [-0.2, 0) is 11.0 Å². The Labute approximate surface area is 188 Å². The van der Waals surface area contributed by atoms with Crippen molar-refractivity contribution in [2.24, 2.45) is 0 Å². The Balaban J connectivity index is 1.56. The van der Waals surface area contributed by atoms with Crippen LogP contribution in [0.2, 0.25) is 0 Å². The zero-order chi connectivity index (χ0) is 24.0. The van der Waals surface area contributed by atoms with E-state index in [-0.39, 0.29) is 11.6 Å². The van der Waals surface area contributed by atoms with Crippen LogP contribution in [0.15, 0.2) is 66.7 Å². The van der Waals surface area contributed by atoms with Crippen molar-refractivity contribution in [2.75, 3.05) is 24.4 Å². The SMILES string of the molecule is COc1ccc(C)cc1NC(=O)c1ccc(OCC(=O)Nc2cccc(C(F)(F)F)c2)cc1. The first-order valence-corrected chi connectivity index (χ1v) is 9.81. The van der Waals surface area contributed by atoms with Crippen molar-refractivity contribution in [3.63, 3.8) is 0 Å². The molecule has 0 fully saturated rings. The first-order valence-electron chi connectivity index (χ1n) is 9.81. The predicted molar refractivity (Wildman–Crippen MR) is 118 cm³/mol. The van der Waals surface area contributed by atoms with Crippen molar-refractivity contribution in [2.45, 2.75) is 13.1 Å². The number of hydrogen-bond acceptors (Lipinski definition) is 4. The lowest BCUT2D eigenvalue weighted by Crippen LogP contribution is -2.20. The van der Waals surface area contributed by atoms with Crippen LogP contribution < -0.4 is 20.1 Å². The predicted octanol–water partition coefficient (Wildman–Crippen LogP) is 5.29. The van der Waals surface area contributed by atoms with Crippen LogP contribution in [0.5, 0.6) is 11.5 Å². The Bertz CT molecular complexity index is 1150. The molecule has 0 aliphatic heterocycles. The van der Waals surface area contributed by atoms with E-state index < -0.39 is 24.3 Å². The summed E-state index contributed by atoms with van der Waals surface area (Å²) in [6.07, 6.45) is -4.50. The number of ether oxygens (including phenoxy) is 2. The maximum Gasteiger partial charge on any atom is 0.416 e. The molecule has 0 spiro atoms. The number of carbonyl (C=O) groups excluding carboxylic acids is 2. The molecule has 172 valence electrons. The van der Waals surface area contributed by atoms with Gasteiger partial charge in [-0.2, -0.15) is 13.2 Å². The molecule has 0 unspecified atom stereocenters. The van der Waals surface area contributed by atoms with E-state index in [9.17, 15) is 22.8 Å². The Morgan fingerprint density at radius 1 is 0.939 bits per heavy atom. The summed E-state index contributed by atoms with van der Waals surface area (Å²) in [5.41, 5.74) is 1.00. The number of carbonyl (C=O) groups is 2. The maximum absolute atomic E-state index is 12.8. The summed E-state index contributed by atoms with van der Waals surface area (Å²) < 4.78 is 48.9. The third kappa shape index (κ3) is 6.49. The summed E-state index contributed by atoms with van der Waals surface area (Å²) >= 11 is 0. The smallest absolute Gasteiger partial charge is 0.416 e. The first kappa shape index (κ1) is 23.6. The molecule has 0 heterocycles. The summed E-state index contributed by atoms with van der Waals surface area (Å²) in [5.74, 6) is -0.130. The number of hydrogen-bond donors (Lipinski definition) is 2. The minimum Gasteiger partial charge on any atom is -0.495 e. The fourth-order valence-corrected chi connectivity index (χ4v) is 2.94. The van der Waals surface area contributed by atoms with Crippen LogP contribution in [0.1, 0.15) is 21.5 Å².